The van der Waals surface area contributed by atoms with E-state index in [1.54, 1.807) is 6.20 Å². The van der Waals surface area contributed by atoms with Crippen LogP contribution in [0.1, 0.15) is 50.3 Å². The Kier molecular flexibility index (Phi) is 4.44. The molecule has 0 saturated carbocycles. The highest BCUT2D eigenvalue weighted by Crippen LogP contribution is 2.34. The summed E-state index contributed by atoms with van der Waals surface area (Å²) >= 11 is 0. The van der Waals surface area contributed by atoms with Crippen LogP contribution in [0.4, 0.5) is 0 Å². The first-order chi connectivity index (χ1) is 11.3. The number of sulfonamides is 1. The molecular formula is C16H23N5O2S. The fraction of sp³-hybridized carbons (Fsp3) is 0.562. The zero-order chi connectivity index (χ0) is 17.5. The van der Waals surface area contributed by atoms with Gasteiger partial charge in [-0.05, 0) is 45.7 Å². The van der Waals surface area contributed by atoms with E-state index in [1.807, 2.05) is 23.7 Å². The number of nitrogens with zero attached hydrogens (tertiary/aromatic N) is 5. The van der Waals surface area contributed by atoms with Gasteiger partial charge in [0, 0.05) is 18.8 Å². The Morgan fingerprint density at radius 3 is 2.71 bits per heavy atom. The Bertz CT molecular complexity index is 844. The summed E-state index contributed by atoms with van der Waals surface area (Å²) in [5.74, 6) is 0.638. The van der Waals surface area contributed by atoms with E-state index in [4.69, 9.17) is 0 Å². The van der Waals surface area contributed by atoms with E-state index >= 15 is 0 Å². The maximum absolute atomic E-state index is 12.0. The molecule has 3 rings (SSSR count). The molecule has 0 bridgehead atoms. The van der Waals surface area contributed by atoms with Crippen molar-refractivity contribution in [1.29, 1.82) is 0 Å². The third-order valence-electron chi connectivity index (χ3n) is 4.25. The van der Waals surface area contributed by atoms with Crippen LogP contribution in [0.3, 0.4) is 0 Å². The first kappa shape index (κ1) is 17.0. The summed E-state index contributed by atoms with van der Waals surface area (Å²) in [7, 11) is -3.25. The molecule has 1 aliphatic heterocycles. The van der Waals surface area contributed by atoms with E-state index in [-0.39, 0.29) is 12.1 Å². The molecule has 0 radical (unpaired) electrons. The van der Waals surface area contributed by atoms with Crippen molar-refractivity contribution in [3.05, 3.63) is 29.8 Å². The lowest BCUT2D eigenvalue weighted by molar-refractivity contribution is 0.393. The molecule has 130 valence electrons. The number of aromatic nitrogens is 4. The van der Waals surface area contributed by atoms with Gasteiger partial charge >= 0.3 is 0 Å². The summed E-state index contributed by atoms with van der Waals surface area (Å²) in [6, 6.07) is 3.83. The van der Waals surface area contributed by atoms with Crippen LogP contribution >= 0.6 is 0 Å². The molecule has 0 aromatic carbocycles. The highest BCUT2D eigenvalue weighted by atomic mass is 32.2. The molecule has 1 fully saturated rings. The summed E-state index contributed by atoms with van der Waals surface area (Å²) in [4.78, 5) is 9.06. The van der Waals surface area contributed by atoms with Crippen LogP contribution in [0.15, 0.2) is 18.3 Å². The molecule has 7 nitrogen and oxygen atoms in total. The summed E-state index contributed by atoms with van der Waals surface area (Å²) in [6.07, 6.45) is 4.64. The van der Waals surface area contributed by atoms with Crippen molar-refractivity contribution in [2.45, 2.75) is 45.7 Å². The van der Waals surface area contributed by atoms with Gasteiger partial charge in [-0.25, -0.2) is 18.4 Å². The quantitative estimate of drug-likeness (QED) is 0.846. The van der Waals surface area contributed by atoms with Gasteiger partial charge in [-0.15, -0.1) is 0 Å². The molecule has 0 spiro atoms. The zero-order valence-electron chi connectivity index (χ0n) is 14.5. The van der Waals surface area contributed by atoms with Crippen LogP contribution in [0, 0.1) is 6.92 Å². The molecule has 8 heteroatoms. The van der Waals surface area contributed by atoms with Crippen molar-refractivity contribution < 1.29 is 8.42 Å². The highest BCUT2D eigenvalue weighted by molar-refractivity contribution is 7.88. The summed E-state index contributed by atoms with van der Waals surface area (Å²) in [6.45, 7) is 6.51. The molecule has 0 aliphatic carbocycles. The van der Waals surface area contributed by atoms with E-state index < -0.39 is 10.0 Å². The Morgan fingerprint density at radius 1 is 1.29 bits per heavy atom. The second-order valence-electron chi connectivity index (χ2n) is 6.51. The fourth-order valence-corrected chi connectivity index (χ4v) is 4.39. The minimum absolute atomic E-state index is 0.212. The maximum Gasteiger partial charge on any atom is 0.211 e. The van der Waals surface area contributed by atoms with Gasteiger partial charge in [-0.1, -0.05) is 0 Å². The smallest absolute Gasteiger partial charge is 0.211 e. The average molecular weight is 349 g/mol. The molecule has 1 saturated heterocycles. The number of hydrogen-bond acceptors (Lipinski definition) is 5. The third-order valence-corrected chi connectivity index (χ3v) is 5.54. The van der Waals surface area contributed by atoms with E-state index in [0.29, 0.717) is 12.4 Å². The van der Waals surface area contributed by atoms with Gasteiger partial charge in [-0.3, -0.25) is 4.68 Å². The fourth-order valence-electron chi connectivity index (χ4n) is 3.25. The van der Waals surface area contributed by atoms with Gasteiger partial charge in [0.15, 0.2) is 0 Å². The second-order valence-corrected chi connectivity index (χ2v) is 8.45. The lowest BCUT2D eigenvalue weighted by atomic mass is 10.1. The van der Waals surface area contributed by atoms with E-state index in [2.05, 4.69) is 28.9 Å². The van der Waals surface area contributed by atoms with Crippen LogP contribution in [0.2, 0.25) is 0 Å². The number of hydrogen-bond donors (Lipinski definition) is 0. The van der Waals surface area contributed by atoms with Gasteiger partial charge < -0.3 is 0 Å². The molecule has 2 aromatic rings. The highest BCUT2D eigenvalue weighted by Gasteiger charge is 2.34. The van der Waals surface area contributed by atoms with Gasteiger partial charge in [0.2, 0.25) is 10.0 Å². The van der Waals surface area contributed by atoms with Crippen molar-refractivity contribution in [1.82, 2.24) is 24.1 Å². The first-order valence-electron chi connectivity index (χ1n) is 8.13. The van der Waals surface area contributed by atoms with Crippen molar-refractivity contribution in [3.63, 3.8) is 0 Å². The minimum Gasteiger partial charge on any atom is -0.261 e. The maximum atomic E-state index is 12.0. The van der Waals surface area contributed by atoms with Crippen LogP contribution in [-0.2, 0) is 10.0 Å². The molecule has 0 amide bonds. The van der Waals surface area contributed by atoms with Crippen molar-refractivity contribution >= 4 is 10.0 Å². The normalized spacial score (nSPS) is 19.3. The average Bonchev–Trinajstić information content (AvgIpc) is 3.15. The largest absolute Gasteiger partial charge is 0.261 e. The predicted molar refractivity (Wildman–Crippen MR) is 91.9 cm³/mol. The van der Waals surface area contributed by atoms with Gasteiger partial charge in [-0.2, -0.15) is 9.40 Å². The number of rotatable bonds is 4. The van der Waals surface area contributed by atoms with E-state index in [1.165, 1.54) is 10.6 Å². The molecule has 2 aromatic heterocycles. The minimum atomic E-state index is -3.25. The lowest BCUT2D eigenvalue weighted by Gasteiger charge is -2.22. The summed E-state index contributed by atoms with van der Waals surface area (Å²) < 4.78 is 27.5. The van der Waals surface area contributed by atoms with Crippen molar-refractivity contribution in [3.8, 4) is 11.4 Å². The standard InChI is InChI=1S/C16H23N5O2S/c1-11(2)21-16(7-8-17-21)14-10-13(18-12(3)19-14)15-6-5-9-20(15)24(4,22)23/h7-8,10-11,15H,5-6,9H2,1-4H3/t15-/m1/s1. The molecule has 1 atom stereocenters. The van der Waals surface area contributed by atoms with Crippen LogP contribution in [-0.4, -0.2) is 45.3 Å². The van der Waals surface area contributed by atoms with E-state index in [0.717, 1.165) is 29.9 Å². The first-order valence-corrected chi connectivity index (χ1v) is 9.98. The summed E-state index contributed by atoms with van der Waals surface area (Å²) in [5, 5.41) is 4.35. The Hall–Kier alpha value is -1.80. The molecule has 0 unspecified atom stereocenters. The van der Waals surface area contributed by atoms with E-state index in [9.17, 15) is 8.42 Å². The molecule has 1 aliphatic rings. The van der Waals surface area contributed by atoms with Crippen LogP contribution in [0.25, 0.3) is 11.4 Å². The van der Waals surface area contributed by atoms with Crippen LogP contribution < -0.4 is 0 Å². The monoisotopic (exact) mass is 349 g/mol. The second kappa shape index (κ2) is 6.25. The van der Waals surface area contributed by atoms with Gasteiger partial charge in [0.25, 0.3) is 0 Å². The lowest BCUT2D eigenvalue weighted by Crippen LogP contribution is -2.30. The third kappa shape index (κ3) is 3.21. The zero-order valence-corrected chi connectivity index (χ0v) is 15.3. The Balaban J connectivity index is 2.05. The molecule has 3 heterocycles. The van der Waals surface area contributed by atoms with Gasteiger partial charge in [0.1, 0.15) is 5.82 Å². The molecule has 0 N–H and O–H groups in total. The SMILES string of the molecule is Cc1nc(-c2ccnn2C(C)C)cc([C@H]2CCCN2S(C)(=O)=O)n1. The Morgan fingerprint density at radius 2 is 2.04 bits per heavy atom. The topological polar surface area (TPSA) is 81.0 Å². The van der Waals surface area contributed by atoms with Crippen LogP contribution in [0.5, 0.6) is 0 Å². The Labute approximate surface area is 142 Å². The summed E-state index contributed by atoms with van der Waals surface area (Å²) in [5.41, 5.74) is 2.46. The molecular weight excluding hydrogens is 326 g/mol. The van der Waals surface area contributed by atoms with Gasteiger partial charge in [0.05, 0.1) is 29.4 Å². The number of aryl methyl sites for hydroxylation is 1. The molecule has 24 heavy (non-hydrogen) atoms. The van der Waals surface area contributed by atoms with Crippen molar-refractivity contribution in [2.75, 3.05) is 12.8 Å². The predicted octanol–water partition coefficient (Wildman–Crippen LogP) is 2.33. The van der Waals surface area contributed by atoms with Crippen molar-refractivity contribution in [2.24, 2.45) is 0 Å².